The number of hydrogen-bond donors (Lipinski definition) is 1. The third-order valence-corrected chi connectivity index (χ3v) is 2.14. The van der Waals surface area contributed by atoms with Crippen molar-refractivity contribution in [1.29, 1.82) is 0 Å². The summed E-state index contributed by atoms with van der Waals surface area (Å²) in [5, 5.41) is 2.21. The van der Waals surface area contributed by atoms with Crippen LogP contribution in [0.3, 0.4) is 0 Å². The van der Waals surface area contributed by atoms with Crippen molar-refractivity contribution in [2.45, 2.75) is 18.6 Å². The molecule has 1 atom stereocenters. The van der Waals surface area contributed by atoms with Gasteiger partial charge < -0.3 is 5.32 Å². The van der Waals surface area contributed by atoms with E-state index in [2.05, 4.69) is 15.3 Å². The van der Waals surface area contributed by atoms with Gasteiger partial charge >= 0.3 is 6.18 Å². The lowest BCUT2D eigenvalue weighted by Gasteiger charge is -2.30. The second kappa shape index (κ2) is 3.53. The predicted molar refractivity (Wildman–Crippen MR) is 44.5 cm³/mol. The molecule has 0 bridgehead atoms. The number of aromatic nitrogens is 2. The van der Waals surface area contributed by atoms with Gasteiger partial charge in [-0.2, -0.15) is 13.2 Å². The van der Waals surface area contributed by atoms with Crippen LogP contribution < -0.4 is 5.32 Å². The van der Waals surface area contributed by atoms with Gasteiger partial charge in [0.05, 0.1) is 11.9 Å². The largest absolute Gasteiger partial charge is 0.412 e. The van der Waals surface area contributed by atoms with Crippen molar-refractivity contribution in [3.05, 3.63) is 24.3 Å². The van der Waals surface area contributed by atoms with Gasteiger partial charge in [-0.25, -0.2) is 0 Å². The molecule has 0 aromatic carbocycles. The number of nitrogens with zero attached hydrogens (tertiary/aromatic N) is 2. The Balaban J connectivity index is 3.15. The molecule has 1 aromatic heterocycles. The summed E-state index contributed by atoms with van der Waals surface area (Å²) in [7, 11) is 1.24. The van der Waals surface area contributed by atoms with Gasteiger partial charge in [0.15, 0.2) is 5.54 Å². The van der Waals surface area contributed by atoms with Crippen molar-refractivity contribution in [2.24, 2.45) is 0 Å². The molecule has 0 saturated carbocycles. The van der Waals surface area contributed by atoms with E-state index in [0.717, 1.165) is 13.1 Å². The lowest BCUT2D eigenvalue weighted by molar-refractivity contribution is -0.194. The van der Waals surface area contributed by atoms with Gasteiger partial charge in [-0.3, -0.25) is 9.97 Å². The molecule has 1 heterocycles. The van der Waals surface area contributed by atoms with Crippen molar-refractivity contribution in [1.82, 2.24) is 15.3 Å². The van der Waals surface area contributed by atoms with Gasteiger partial charge in [0, 0.05) is 12.4 Å². The molecule has 0 radical (unpaired) electrons. The molecule has 0 aliphatic heterocycles. The Morgan fingerprint density at radius 3 is 2.29 bits per heavy atom. The molecular weight excluding hydrogens is 195 g/mol. The number of halogens is 3. The zero-order valence-electron chi connectivity index (χ0n) is 7.76. The molecule has 1 N–H and O–H groups in total. The van der Waals surface area contributed by atoms with E-state index in [1.807, 2.05) is 0 Å². The number of nitrogens with one attached hydrogen (secondary N) is 1. The van der Waals surface area contributed by atoms with Gasteiger partial charge in [0.25, 0.3) is 0 Å². The van der Waals surface area contributed by atoms with Gasteiger partial charge in [-0.1, -0.05) is 0 Å². The molecule has 14 heavy (non-hydrogen) atoms. The molecule has 0 spiro atoms. The Morgan fingerprint density at radius 2 is 1.93 bits per heavy atom. The molecule has 3 nitrogen and oxygen atoms in total. The van der Waals surface area contributed by atoms with Crippen LogP contribution in [-0.4, -0.2) is 23.2 Å². The van der Waals surface area contributed by atoms with Crippen molar-refractivity contribution < 1.29 is 13.2 Å². The van der Waals surface area contributed by atoms with Crippen LogP contribution in [0.25, 0.3) is 0 Å². The topological polar surface area (TPSA) is 37.8 Å². The monoisotopic (exact) mass is 205 g/mol. The zero-order valence-corrected chi connectivity index (χ0v) is 7.76. The maximum atomic E-state index is 12.7. The van der Waals surface area contributed by atoms with Crippen molar-refractivity contribution in [3.63, 3.8) is 0 Å². The normalized spacial score (nSPS) is 16.4. The lowest BCUT2D eigenvalue weighted by atomic mass is 9.98. The fourth-order valence-corrected chi connectivity index (χ4v) is 0.972. The SMILES string of the molecule is CNC(C)(c1cnccn1)C(F)(F)F. The molecule has 0 aliphatic carbocycles. The Bertz CT molecular complexity index is 298. The fourth-order valence-electron chi connectivity index (χ4n) is 0.972. The summed E-state index contributed by atoms with van der Waals surface area (Å²) in [4.78, 5) is 7.25. The minimum Gasteiger partial charge on any atom is -0.302 e. The molecule has 0 fully saturated rings. The van der Waals surface area contributed by atoms with Crippen LogP contribution in [0.15, 0.2) is 18.6 Å². The molecule has 78 valence electrons. The Morgan fingerprint density at radius 1 is 1.29 bits per heavy atom. The van der Waals surface area contributed by atoms with Crippen LogP contribution in [0.2, 0.25) is 0 Å². The molecule has 0 amide bonds. The van der Waals surface area contributed by atoms with E-state index < -0.39 is 11.7 Å². The third kappa shape index (κ3) is 1.70. The van der Waals surface area contributed by atoms with Crippen molar-refractivity contribution in [2.75, 3.05) is 7.05 Å². The number of rotatable bonds is 2. The maximum absolute atomic E-state index is 12.7. The number of hydrogen-bond acceptors (Lipinski definition) is 3. The van der Waals surface area contributed by atoms with Crippen molar-refractivity contribution >= 4 is 0 Å². The first-order valence-corrected chi connectivity index (χ1v) is 3.94. The second-order valence-corrected chi connectivity index (χ2v) is 2.96. The molecule has 1 unspecified atom stereocenters. The van der Waals surface area contributed by atoms with E-state index in [-0.39, 0.29) is 5.69 Å². The van der Waals surface area contributed by atoms with Gasteiger partial charge in [-0.05, 0) is 14.0 Å². The molecule has 1 rings (SSSR count). The summed E-state index contributed by atoms with van der Waals surface area (Å²) in [6.45, 7) is 1.02. The van der Waals surface area contributed by atoms with Crippen LogP contribution in [0.4, 0.5) is 13.2 Å². The Kier molecular flexibility index (Phi) is 2.75. The third-order valence-electron chi connectivity index (χ3n) is 2.14. The molecule has 6 heteroatoms. The summed E-state index contributed by atoms with van der Waals surface area (Å²) in [5.41, 5.74) is -2.30. The van der Waals surface area contributed by atoms with Crippen molar-refractivity contribution in [3.8, 4) is 0 Å². The molecular formula is C8H10F3N3. The standard InChI is InChI=1S/C8H10F3N3/c1-7(12-2,8(9,10)11)6-5-13-3-4-14-6/h3-5,12H,1-2H3. The van der Waals surface area contributed by atoms with Crippen LogP contribution in [-0.2, 0) is 5.54 Å². The quantitative estimate of drug-likeness (QED) is 0.794. The average molecular weight is 205 g/mol. The van der Waals surface area contributed by atoms with Gasteiger partial charge in [0.2, 0.25) is 0 Å². The summed E-state index contributed by atoms with van der Waals surface area (Å²) >= 11 is 0. The average Bonchev–Trinajstić information content (AvgIpc) is 2.16. The highest BCUT2D eigenvalue weighted by Crippen LogP contribution is 2.36. The van der Waals surface area contributed by atoms with Gasteiger partial charge in [-0.15, -0.1) is 0 Å². The fraction of sp³-hybridized carbons (Fsp3) is 0.500. The van der Waals surface area contributed by atoms with Crippen LogP contribution in [0.5, 0.6) is 0 Å². The summed E-state index contributed by atoms with van der Waals surface area (Å²) in [5.74, 6) is 0. The van der Waals surface area contributed by atoms with Crippen LogP contribution in [0.1, 0.15) is 12.6 Å². The van der Waals surface area contributed by atoms with E-state index in [0.29, 0.717) is 0 Å². The highest BCUT2D eigenvalue weighted by Gasteiger charge is 2.52. The van der Waals surface area contributed by atoms with E-state index in [1.165, 1.54) is 19.4 Å². The minimum absolute atomic E-state index is 0.144. The molecule has 0 aliphatic rings. The van der Waals surface area contributed by atoms with Crippen LogP contribution >= 0.6 is 0 Å². The first-order chi connectivity index (χ1) is 6.42. The zero-order chi connectivity index (χ0) is 10.8. The first-order valence-electron chi connectivity index (χ1n) is 3.94. The Labute approximate surface area is 79.4 Å². The highest BCUT2D eigenvalue weighted by molar-refractivity contribution is 5.13. The predicted octanol–water partition coefficient (Wildman–Crippen LogP) is 1.47. The Hall–Kier alpha value is -1.17. The maximum Gasteiger partial charge on any atom is 0.412 e. The van der Waals surface area contributed by atoms with E-state index in [9.17, 15) is 13.2 Å². The second-order valence-electron chi connectivity index (χ2n) is 2.96. The number of alkyl halides is 3. The smallest absolute Gasteiger partial charge is 0.302 e. The minimum atomic E-state index is -4.40. The highest BCUT2D eigenvalue weighted by atomic mass is 19.4. The van der Waals surface area contributed by atoms with E-state index >= 15 is 0 Å². The summed E-state index contributed by atoms with van der Waals surface area (Å²) in [6.07, 6.45) is -0.742. The molecule has 1 aromatic rings. The van der Waals surface area contributed by atoms with Gasteiger partial charge in [0.1, 0.15) is 0 Å². The lowest BCUT2D eigenvalue weighted by Crippen LogP contribution is -2.50. The molecule has 0 saturated heterocycles. The first kappa shape index (κ1) is 10.9. The van der Waals surface area contributed by atoms with E-state index in [4.69, 9.17) is 0 Å². The van der Waals surface area contributed by atoms with E-state index in [1.54, 1.807) is 0 Å². The summed E-state index contributed by atoms with van der Waals surface area (Å²) in [6, 6.07) is 0. The van der Waals surface area contributed by atoms with Crippen LogP contribution in [0, 0.1) is 0 Å². The summed E-state index contributed by atoms with van der Waals surface area (Å²) < 4.78 is 38.0.